The third-order valence-corrected chi connectivity index (χ3v) is 6.30. The van der Waals surface area contributed by atoms with Crippen LogP contribution in [0.15, 0.2) is 36.5 Å². The molecule has 1 aromatic carbocycles. The Morgan fingerprint density at radius 2 is 2.13 bits per heavy atom. The van der Waals surface area contributed by atoms with E-state index in [1.807, 2.05) is 19.1 Å². The molecule has 154 valence electrons. The number of hydrogen-bond acceptors (Lipinski definition) is 4. The molecule has 2 amide bonds. The van der Waals surface area contributed by atoms with Crippen LogP contribution in [0, 0.1) is 0 Å². The van der Waals surface area contributed by atoms with Crippen molar-refractivity contribution in [1.29, 1.82) is 0 Å². The van der Waals surface area contributed by atoms with Crippen LogP contribution in [-0.4, -0.2) is 39.3 Å². The summed E-state index contributed by atoms with van der Waals surface area (Å²) in [7, 11) is 0. The van der Waals surface area contributed by atoms with E-state index in [2.05, 4.69) is 38.5 Å². The van der Waals surface area contributed by atoms with Crippen molar-refractivity contribution in [2.24, 2.45) is 0 Å². The van der Waals surface area contributed by atoms with E-state index in [4.69, 9.17) is 0 Å². The number of rotatable bonds is 4. The van der Waals surface area contributed by atoms with Crippen LogP contribution in [0.2, 0.25) is 0 Å². The van der Waals surface area contributed by atoms with Gasteiger partial charge in [0.2, 0.25) is 5.91 Å². The van der Waals surface area contributed by atoms with Gasteiger partial charge in [-0.2, -0.15) is 0 Å². The fraction of sp³-hybridized carbons (Fsp3) is 0.348. The van der Waals surface area contributed by atoms with Crippen molar-refractivity contribution in [3.63, 3.8) is 0 Å². The van der Waals surface area contributed by atoms with Crippen molar-refractivity contribution in [1.82, 2.24) is 14.9 Å². The molecule has 2 aliphatic rings. The number of carbonyl (C=O) groups excluding carboxylic acids is 2. The van der Waals surface area contributed by atoms with Crippen LogP contribution >= 0.6 is 0 Å². The number of aromatic amines is 1. The van der Waals surface area contributed by atoms with Crippen molar-refractivity contribution in [2.75, 3.05) is 17.2 Å². The minimum atomic E-state index is -0.254. The summed E-state index contributed by atoms with van der Waals surface area (Å²) in [6.45, 7) is 6.16. The number of nitrogens with zero attached hydrogens (tertiary/aromatic N) is 2. The fourth-order valence-electron chi connectivity index (χ4n) is 4.44. The Bertz CT molecular complexity index is 1150. The summed E-state index contributed by atoms with van der Waals surface area (Å²) >= 11 is 0. The summed E-state index contributed by atoms with van der Waals surface area (Å²) in [4.78, 5) is 34.9. The molecule has 0 bridgehead atoms. The van der Waals surface area contributed by atoms with Crippen LogP contribution in [0.1, 0.15) is 54.2 Å². The van der Waals surface area contributed by atoms with Crippen LogP contribution in [-0.2, 0) is 11.3 Å². The highest BCUT2D eigenvalue weighted by molar-refractivity contribution is 6.08. The van der Waals surface area contributed by atoms with Gasteiger partial charge in [0.05, 0.1) is 11.4 Å². The van der Waals surface area contributed by atoms with E-state index in [1.165, 1.54) is 12.8 Å². The second kappa shape index (κ2) is 7.25. The van der Waals surface area contributed by atoms with Gasteiger partial charge in [-0.25, -0.2) is 4.98 Å². The van der Waals surface area contributed by atoms with Crippen molar-refractivity contribution < 1.29 is 9.59 Å². The Morgan fingerprint density at radius 1 is 1.27 bits per heavy atom. The number of fused-ring (bicyclic) bond motifs is 2. The van der Waals surface area contributed by atoms with Gasteiger partial charge in [-0.05, 0) is 57.0 Å². The van der Waals surface area contributed by atoms with Crippen molar-refractivity contribution in [2.45, 2.75) is 45.2 Å². The molecule has 3 aromatic rings. The second-order valence-electron chi connectivity index (χ2n) is 8.38. The van der Waals surface area contributed by atoms with E-state index >= 15 is 0 Å². The normalized spacial score (nSPS) is 21.1. The Hall–Kier alpha value is -3.19. The second-order valence-corrected chi connectivity index (χ2v) is 8.38. The monoisotopic (exact) mass is 403 g/mol. The molecule has 1 fully saturated rings. The summed E-state index contributed by atoms with van der Waals surface area (Å²) in [6, 6.07) is 9.90. The lowest BCUT2D eigenvalue weighted by Crippen LogP contribution is -2.26. The van der Waals surface area contributed by atoms with Crippen molar-refractivity contribution >= 4 is 34.2 Å². The fourth-order valence-corrected chi connectivity index (χ4v) is 4.44. The number of aromatic nitrogens is 2. The molecule has 5 rings (SSSR count). The molecule has 4 heterocycles. The lowest BCUT2D eigenvalue weighted by Gasteiger charge is -2.19. The summed E-state index contributed by atoms with van der Waals surface area (Å²) < 4.78 is 0. The number of H-pyrrole nitrogens is 1. The minimum Gasteiger partial charge on any atom is -0.357 e. The van der Waals surface area contributed by atoms with Gasteiger partial charge in [-0.1, -0.05) is 6.07 Å². The Morgan fingerprint density at radius 3 is 2.93 bits per heavy atom. The molecule has 7 nitrogen and oxygen atoms in total. The summed E-state index contributed by atoms with van der Waals surface area (Å²) in [5.74, 6) is 0.0109. The molecule has 7 heteroatoms. The molecule has 1 unspecified atom stereocenters. The van der Waals surface area contributed by atoms with Crippen molar-refractivity contribution in [3.05, 3.63) is 53.3 Å². The van der Waals surface area contributed by atoms with Gasteiger partial charge in [0, 0.05) is 47.2 Å². The SMILES string of the molecule is CC1C(=O)Nc2cc(C(=O)Nc3cc4[nH]c(CN5CCC[C@@H]5C)cc4cn3)ccc21. The van der Waals surface area contributed by atoms with Gasteiger partial charge in [0.15, 0.2) is 0 Å². The lowest BCUT2D eigenvalue weighted by atomic mass is 10.0. The lowest BCUT2D eigenvalue weighted by molar-refractivity contribution is -0.116. The molecular formula is C23H25N5O2. The van der Waals surface area contributed by atoms with Gasteiger partial charge in [0.1, 0.15) is 5.82 Å². The first-order valence-corrected chi connectivity index (χ1v) is 10.5. The summed E-state index contributed by atoms with van der Waals surface area (Å²) in [6.07, 6.45) is 4.29. The standard InChI is InChI=1S/C23H25N5O2/c1-13-4-3-7-28(13)12-17-8-16-11-24-21(10-19(16)25-17)27-23(30)15-5-6-18-14(2)22(29)26-20(18)9-15/h5-6,8-11,13-14,25H,3-4,7,12H2,1-2H3,(H,26,29)(H,24,27,30)/t13-,14?/m0/s1. The molecule has 0 aliphatic carbocycles. The topological polar surface area (TPSA) is 90.1 Å². The number of hydrogen-bond donors (Lipinski definition) is 3. The maximum atomic E-state index is 12.7. The third kappa shape index (κ3) is 3.35. The van der Waals surface area contributed by atoms with E-state index < -0.39 is 0 Å². The highest BCUT2D eigenvalue weighted by atomic mass is 16.2. The van der Waals surface area contributed by atoms with E-state index in [0.29, 0.717) is 23.1 Å². The molecule has 0 radical (unpaired) electrons. The number of pyridine rings is 1. The number of amides is 2. The molecule has 2 aliphatic heterocycles. The number of benzene rings is 1. The summed E-state index contributed by atoms with van der Waals surface area (Å²) in [5, 5.41) is 6.71. The quantitative estimate of drug-likeness (QED) is 0.617. The van der Waals surface area contributed by atoms with Gasteiger partial charge >= 0.3 is 0 Å². The Labute approximate surface area is 174 Å². The molecule has 3 N–H and O–H groups in total. The van der Waals surface area contributed by atoms with Gasteiger partial charge in [-0.15, -0.1) is 0 Å². The maximum Gasteiger partial charge on any atom is 0.256 e. The maximum absolute atomic E-state index is 12.7. The minimum absolute atomic E-state index is 0.0412. The predicted molar refractivity (Wildman–Crippen MR) is 117 cm³/mol. The van der Waals surface area contributed by atoms with E-state index in [-0.39, 0.29) is 17.7 Å². The van der Waals surface area contributed by atoms with Crippen LogP contribution in [0.4, 0.5) is 11.5 Å². The van der Waals surface area contributed by atoms with Crippen LogP contribution in [0.25, 0.3) is 10.9 Å². The molecule has 2 aromatic heterocycles. The molecule has 0 spiro atoms. The third-order valence-electron chi connectivity index (χ3n) is 6.30. The van der Waals surface area contributed by atoms with Crippen LogP contribution < -0.4 is 10.6 Å². The molecule has 1 saturated heterocycles. The average molecular weight is 403 g/mol. The first kappa shape index (κ1) is 18.8. The van der Waals surface area contributed by atoms with E-state index in [0.717, 1.165) is 35.2 Å². The zero-order valence-electron chi connectivity index (χ0n) is 17.2. The predicted octanol–water partition coefficient (Wildman–Crippen LogP) is 3.86. The molecule has 0 saturated carbocycles. The van der Waals surface area contributed by atoms with E-state index in [9.17, 15) is 9.59 Å². The average Bonchev–Trinajstić information content (AvgIpc) is 3.39. The van der Waals surface area contributed by atoms with Gasteiger partial charge < -0.3 is 15.6 Å². The Balaban J connectivity index is 1.32. The zero-order chi connectivity index (χ0) is 20.8. The molecular weight excluding hydrogens is 378 g/mol. The number of nitrogens with one attached hydrogen (secondary N) is 3. The van der Waals surface area contributed by atoms with Crippen LogP contribution in [0.5, 0.6) is 0 Å². The van der Waals surface area contributed by atoms with Crippen LogP contribution in [0.3, 0.4) is 0 Å². The van der Waals surface area contributed by atoms with Gasteiger partial charge in [0.25, 0.3) is 5.91 Å². The number of anilines is 2. The smallest absolute Gasteiger partial charge is 0.256 e. The van der Waals surface area contributed by atoms with Crippen molar-refractivity contribution in [3.8, 4) is 0 Å². The largest absolute Gasteiger partial charge is 0.357 e. The number of carbonyl (C=O) groups is 2. The highest BCUT2D eigenvalue weighted by Crippen LogP contribution is 2.32. The van der Waals surface area contributed by atoms with Gasteiger partial charge in [-0.3, -0.25) is 14.5 Å². The first-order chi connectivity index (χ1) is 14.5. The first-order valence-electron chi connectivity index (χ1n) is 10.5. The molecule has 2 atom stereocenters. The summed E-state index contributed by atoms with van der Waals surface area (Å²) in [5.41, 5.74) is 4.22. The van der Waals surface area contributed by atoms with E-state index in [1.54, 1.807) is 18.3 Å². The zero-order valence-corrected chi connectivity index (χ0v) is 17.2. The molecule has 30 heavy (non-hydrogen) atoms. The highest BCUT2D eigenvalue weighted by Gasteiger charge is 2.27. The Kier molecular flexibility index (Phi) is 4.55. The number of likely N-dealkylation sites (tertiary alicyclic amines) is 1.